The summed E-state index contributed by atoms with van der Waals surface area (Å²) in [5, 5.41) is 2.66. The fourth-order valence-corrected chi connectivity index (χ4v) is 1.77. The summed E-state index contributed by atoms with van der Waals surface area (Å²) in [6, 6.07) is 7.13. The minimum atomic E-state index is -0.631. The van der Waals surface area contributed by atoms with Gasteiger partial charge in [-0.25, -0.2) is 4.79 Å². The van der Waals surface area contributed by atoms with Crippen molar-refractivity contribution in [2.45, 2.75) is 26.8 Å². The van der Waals surface area contributed by atoms with Crippen LogP contribution < -0.4 is 5.32 Å². The summed E-state index contributed by atoms with van der Waals surface area (Å²) in [6.45, 7) is 5.68. The Morgan fingerprint density at radius 1 is 1.25 bits per heavy atom. The molecule has 0 bridgehead atoms. The molecule has 1 unspecified atom stereocenters. The average Bonchev–Trinajstić information content (AvgIpc) is 2.42. The van der Waals surface area contributed by atoms with E-state index in [1.807, 2.05) is 45.0 Å². The van der Waals surface area contributed by atoms with Gasteiger partial charge in [0.2, 0.25) is 5.91 Å². The molecule has 4 nitrogen and oxygen atoms in total. The molecule has 0 heterocycles. The number of rotatable bonds is 5. The molecule has 108 valence electrons. The van der Waals surface area contributed by atoms with Gasteiger partial charge >= 0.3 is 5.97 Å². The minimum Gasteiger partial charge on any atom is -0.467 e. The Morgan fingerprint density at radius 3 is 2.45 bits per heavy atom. The van der Waals surface area contributed by atoms with E-state index in [4.69, 9.17) is 0 Å². The summed E-state index contributed by atoms with van der Waals surface area (Å²) in [5.74, 6) is -0.770. The van der Waals surface area contributed by atoms with Crippen molar-refractivity contribution in [1.82, 2.24) is 5.32 Å². The molecule has 0 saturated carbocycles. The molecule has 1 aromatic carbocycles. The highest BCUT2D eigenvalue weighted by molar-refractivity contribution is 5.94. The van der Waals surface area contributed by atoms with Crippen LogP contribution in [0.2, 0.25) is 0 Å². The number of amides is 1. The summed E-state index contributed by atoms with van der Waals surface area (Å²) in [6.07, 6.45) is 3.17. The van der Waals surface area contributed by atoms with Gasteiger partial charge in [0.25, 0.3) is 0 Å². The Labute approximate surface area is 119 Å². The van der Waals surface area contributed by atoms with Gasteiger partial charge in [0.15, 0.2) is 0 Å². The van der Waals surface area contributed by atoms with E-state index in [0.29, 0.717) is 0 Å². The molecule has 4 heteroatoms. The molecule has 20 heavy (non-hydrogen) atoms. The molecule has 0 saturated heterocycles. The first-order valence-electron chi connectivity index (χ1n) is 6.57. The Hall–Kier alpha value is -2.10. The zero-order valence-corrected chi connectivity index (χ0v) is 12.3. The maximum absolute atomic E-state index is 11.9. The monoisotopic (exact) mass is 275 g/mol. The van der Waals surface area contributed by atoms with E-state index < -0.39 is 12.0 Å². The fraction of sp³-hybridized carbons (Fsp3) is 0.375. The van der Waals surface area contributed by atoms with E-state index in [-0.39, 0.29) is 11.8 Å². The van der Waals surface area contributed by atoms with E-state index >= 15 is 0 Å². The van der Waals surface area contributed by atoms with Crippen LogP contribution in [0.1, 0.15) is 25.0 Å². The molecule has 1 N–H and O–H groups in total. The first-order chi connectivity index (χ1) is 9.45. The van der Waals surface area contributed by atoms with Gasteiger partial charge in [-0.15, -0.1) is 0 Å². The van der Waals surface area contributed by atoms with Crippen LogP contribution in [0.3, 0.4) is 0 Å². The van der Waals surface area contributed by atoms with Crippen LogP contribution in [0.5, 0.6) is 0 Å². The summed E-state index contributed by atoms with van der Waals surface area (Å²) in [4.78, 5) is 23.4. The van der Waals surface area contributed by atoms with Crippen LogP contribution in [0, 0.1) is 12.8 Å². The molecule has 0 radical (unpaired) electrons. The SMILES string of the molecule is COC(=O)C(NC(=O)/C=C/c1ccccc1C)C(C)C. The van der Waals surface area contributed by atoms with Crippen molar-refractivity contribution in [2.24, 2.45) is 5.92 Å². The van der Waals surface area contributed by atoms with Gasteiger partial charge < -0.3 is 10.1 Å². The molecule has 1 amide bonds. The normalized spacial score (nSPS) is 12.4. The zero-order valence-electron chi connectivity index (χ0n) is 12.3. The quantitative estimate of drug-likeness (QED) is 0.663. The van der Waals surface area contributed by atoms with Crippen molar-refractivity contribution in [3.63, 3.8) is 0 Å². The third-order valence-electron chi connectivity index (χ3n) is 3.02. The van der Waals surface area contributed by atoms with E-state index in [2.05, 4.69) is 10.1 Å². The molecule has 1 rings (SSSR count). The molecule has 0 spiro atoms. The second kappa shape index (κ2) is 7.48. The van der Waals surface area contributed by atoms with Crippen molar-refractivity contribution in [3.05, 3.63) is 41.5 Å². The summed E-state index contributed by atoms with van der Waals surface area (Å²) in [7, 11) is 1.31. The zero-order chi connectivity index (χ0) is 15.1. The predicted octanol–water partition coefficient (Wildman–Crippen LogP) is 2.32. The van der Waals surface area contributed by atoms with Crippen molar-refractivity contribution < 1.29 is 14.3 Å². The standard InChI is InChI=1S/C16H21NO3/c1-11(2)15(16(19)20-4)17-14(18)10-9-13-8-6-5-7-12(13)3/h5-11,15H,1-4H3,(H,17,18)/b10-9+. The lowest BCUT2D eigenvalue weighted by Gasteiger charge is -2.18. The van der Waals surface area contributed by atoms with E-state index in [0.717, 1.165) is 11.1 Å². The topological polar surface area (TPSA) is 55.4 Å². The first-order valence-corrected chi connectivity index (χ1v) is 6.57. The third kappa shape index (κ3) is 4.53. The Kier molecular flexibility index (Phi) is 5.97. The maximum atomic E-state index is 11.9. The lowest BCUT2D eigenvalue weighted by Crippen LogP contribution is -2.44. The Morgan fingerprint density at radius 2 is 1.90 bits per heavy atom. The van der Waals surface area contributed by atoms with Crippen LogP contribution in [0.4, 0.5) is 0 Å². The van der Waals surface area contributed by atoms with Crippen LogP contribution in [-0.4, -0.2) is 25.0 Å². The first kappa shape index (κ1) is 16.0. The molecule has 0 aliphatic carbocycles. The van der Waals surface area contributed by atoms with Crippen LogP contribution in [-0.2, 0) is 14.3 Å². The third-order valence-corrected chi connectivity index (χ3v) is 3.02. The van der Waals surface area contributed by atoms with Crippen LogP contribution >= 0.6 is 0 Å². The van der Waals surface area contributed by atoms with E-state index in [9.17, 15) is 9.59 Å². The summed E-state index contributed by atoms with van der Waals surface area (Å²) >= 11 is 0. The van der Waals surface area contributed by atoms with Crippen molar-refractivity contribution in [2.75, 3.05) is 7.11 Å². The second-order valence-corrected chi connectivity index (χ2v) is 4.94. The maximum Gasteiger partial charge on any atom is 0.328 e. The average molecular weight is 275 g/mol. The lowest BCUT2D eigenvalue weighted by molar-refractivity contribution is -0.145. The summed E-state index contributed by atoms with van der Waals surface area (Å²) < 4.78 is 4.68. The number of methoxy groups -OCH3 is 1. The number of carbonyl (C=O) groups is 2. The van der Waals surface area contributed by atoms with Gasteiger partial charge in [-0.3, -0.25) is 4.79 Å². The number of hydrogen-bond donors (Lipinski definition) is 1. The van der Waals surface area contributed by atoms with Gasteiger partial charge in [0, 0.05) is 6.08 Å². The van der Waals surface area contributed by atoms with E-state index in [1.165, 1.54) is 13.2 Å². The number of nitrogens with one attached hydrogen (secondary N) is 1. The van der Waals surface area contributed by atoms with Crippen LogP contribution in [0.25, 0.3) is 6.08 Å². The number of carbonyl (C=O) groups excluding carboxylic acids is 2. The molecular formula is C16H21NO3. The van der Waals surface area contributed by atoms with E-state index in [1.54, 1.807) is 6.08 Å². The lowest BCUT2D eigenvalue weighted by atomic mass is 10.0. The minimum absolute atomic E-state index is 0.0294. The Bertz CT molecular complexity index is 506. The Balaban J connectivity index is 2.71. The number of esters is 1. The molecule has 0 aliphatic heterocycles. The van der Waals surface area contributed by atoms with Crippen molar-refractivity contribution >= 4 is 18.0 Å². The number of aryl methyl sites for hydroxylation is 1. The summed E-state index contributed by atoms with van der Waals surface area (Å²) in [5.41, 5.74) is 2.06. The highest BCUT2D eigenvalue weighted by atomic mass is 16.5. The van der Waals surface area contributed by atoms with Crippen molar-refractivity contribution in [3.8, 4) is 0 Å². The smallest absolute Gasteiger partial charge is 0.328 e. The second-order valence-electron chi connectivity index (χ2n) is 4.94. The molecule has 0 aliphatic rings. The van der Waals surface area contributed by atoms with Gasteiger partial charge in [-0.05, 0) is 30.0 Å². The molecular weight excluding hydrogens is 254 g/mol. The number of benzene rings is 1. The van der Waals surface area contributed by atoms with Gasteiger partial charge in [-0.2, -0.15) is 0 Å². The molecule has 0 aromatic heterocycles. The molecule has 1 atom stereocenters. The highest BCUT2D eigenvalue weighted by Crippen LogP contribution is 2.09. The van der Waals surface area contributed by atoms with Gasteiger partial charge in [0.1, 0.15) is 6.04 Å². The largest absolute Gasteiger partial charge is 0.467 e. The van der Waals surface area contributed by atoms with Gasteiger partial charge in [-0.1, -0.05) is 38.1 Å². The fourth-order valence-electron chi connectivity index (χ4n) is 1.77. The highest BCUT2D eigenvalue weighted by Gasteiger charge is 2.23. The molecule has 0 fully saturated rings. The van der Waals surface area contributed by atoms with Crippen molar-refractivity contribution in [1.29, 1.82) is 0 Å². The van der Waals surface area contributed by atoms with Gasteiger partial charge in [0.05, 0.1) is 7.11 Å². The number of ether oxygens (including phenoxy) is 1. The molecule has 1 aromatic rings. The van der Waals surface area contributed by atoms with Crippen LogP contribution in [0.15, 0.2) is 30.3 Å². The number of hydrogen-bond acceptors (Lipinski definition) is 3. The predicted molar refractivity (Wildman–Crippen MR) is 79.0 cm³/mol.